The summed E-state index contributed by atoms with van der Waals surface area (Å²) in [6.45, 7) is 9.38. The van der Waals surface area contributed by atoms with E-state index in [1.54, 1.807) is 5.57 Å². The maximum absolute atomic E-state index is 2.42. The summed E-state index contributed by atoms with van der Waals surface area (Å²) in [4.78, 5) is 0. The van der Waals surface area contributed by atoms with Gasteiger partial charge in [-0.05, 0) is 31.1 Å². The molecule has 0 bridgehead atoms. The summed E-state index contributed by atoms with van der Waals surface area (Å²) in [7, 11) is 0. The summed E-state index contributed by atoms with van der Waals surface area (Å²) in [6.07, 6.45) is 6.39. The van der Waals surface area contributed by atoms with E-state index >= 15 is 0 Å². The van der Waals surface area contributed by atoms with Crippen molar-refractivity contribution in [3.05, 3.63) is 11.6 Å². The van der Waals surface area contributed by atoms with E-state index in [9.17, 15) is 0 Å². The molecule has 0 amide bonds. The molecule has 2 unspecified atom stereocenters. The first-order valence-corrected chi connectivity index (χ1v) is 4.77. The van der Waals surface area contributed by atoms with Crippen LogP contribution < -0.4 is 0 Å². The third kappa shape index (κ3) is 1.50. The minimum absolute atomic E-state index is 0.582. The molecular formula is C11H20. The van der Waals surface area contributed by atoms with Crippen LogP contribution in [0.4, 0.5) is 0 Å². The lowest BCUT2D eigenvalue weighted by Crippen LogP contribution is -2.27. The third-order valence-corrected chi connectivity index (χ3v) is 3.72. The van der Waals surface area contributed by atoms with Crippen LogP contribution >= 0.6 is 0 Å². The topological polar surface area (TPSA) is 0 Å². The Morgan fingerprint density at radius 2 is 2.27 bits per heavy atom. The monoisotopic (exact) mass is 152 g/mol. The van der Waals surface area contributed by atoms with Gasteiger partial charge in [-0.15, -0.1) is 0 Å². The van der Waals surface area contributed by atoms with Gasteiger partial charge in [-0.25, -0.2) is 0 Å². The van der Waals surface area contributed by atoms with Crippen molar-refractivity contribution in [2.75, 3.05) is 0 Å². The molecule has 1 aliphatic carbocycles. The minimum Gasteiger partial charge on any atom is -0.0853 e. The SMILES string of the molecule is CCC1(C)CCC=C(C)C1C. The van der Waals surface area contributed by atoms with Crippen molar-refractivity contribution in [2.45, 2.75) is 47.0 Å². The molecule has 0 aromatic heterocycles. The molecular weight excluding hydrogens is 132 g/mol. The second-order valence-electron chi connectivity index (χ2n) is 4.22. The molecule has 0 radical (unpaired) electrons. The molecule has 0 saturated heterocycles. The fourth-order valence-electron chi connectivity index (χ4n) is 2.06. The standard InChI is InChI=1S/C11H20/c1-5-11(4)8-6-7-9(2)10(11)3/h7,10H,5-6,8H2,1-4H3. The maximum Gasteiger partial charge on any atom is -0.0180 e. The number of hydrogen-bond acceptors (Lipinski definition) is 0. The van der Waals surface area contributed by atoms with Gasteiger partial charge < -0.3 is 0 Å². The zero-order chi connectivity index (χ0) is 8.48. The average molecular weight is 152 g/mol. The van der Waals surface area contributed by atoms with E-state index in [2.05, 4.69) is 33.8 Å². The van der Waals surface area contributed by atoms with E-state index in [0.29, 0.717) is 5.41 Å². The van der Waals surface area contributed by atoms with E-state index in [1.165, 1.54) is 19.3 Å². The fraction of sp³-hybridized carbons (Fsp3) is 0.818. The molecule has 0 aromatic carbocycles. The Kier molecular flexibility index (Phi) is 2.41. The molecule has 64 valence electrons. The molecule has 0 fully saturated rings. The number of rotatable bonds is 1. The van der Waals surface area contributed by atoms with E-state index < -0.39 is 0 Å². The Labute approximate surface area is 70.7 Å². The van der Waals surface area contributed by atoms with E-state index in [1.807, 2.05) is 0 Å². The molecule has 11 heavy (non-hydrogen) atoms. The van der Waals surface area contributed by atoms with Gasteiger partial charge in [-0.2, -0.15) is 0 Å². The Morgan fingerprint density at radius 1 is 1.64 bits per heavy atom. The van der Waals surface area contributed by atoms with Crippen LogP contribution in [0.1, 0.15) is 47.0 Å². The Morgan fingerprint density at radius 3 is 2.73 bits per heavy atom. The lowest BCUT2D eigenvalue weighted by molar-refractivity contribution is 0.193. The van der Waals surface area contributed by atoms with E-state index in [4.69, 9.17) is 0 Å². The minimum atomic E-state index is 0.582. The lowest BCUT2D eigenvalue weighted by atomic mass is 9.67. The number of hydrogen-bond donors (Lipinski definition) is 0. The Bertz CT molecular complexity index is 167. The molecule has 0 aromatic rings. The van der Waals surface area contributed by atoms with Gasteiger partial charge in [0, 0.05) is 0 Å². The highest BCUT2D eigenvalue weighted by Gasteiger charge is 2.31. The van der Waals surface area contributed by atoms with Crippen LogP contribution in [0.25, 0.3) is 0 Å². The van der Waals surface area contributed by atoms with Gasteiger partial charge in [0.05, 0.1) is 0 Å². The highest BCUT2D eigenvalue weighted by atomic mass is 14.4. The molecule has 0 spiro atoms. The second kappa shape index (κ2) is 3.00. The summed E-state index contributed by atoms with van der Waals surface area (Å²) < 4.78 is 0. The molecule has 0 heteroatoms. The first-order chi connectivity index (χ1) is 5.10. The molecule has 0 N–H and O–H groups in total. The van der Waals surface area contributed by atoms with Crippen LogP contribution in [0.5, 0.6) is 0 Å². The van der Waals surface area contributed by atoms with Crippen molar-refractivity contribution in [2.24, 2.45) is 11.3 Å². The van der Waals surface area contributed by atoms with Crippen LogP contribution in [0.2, 0.25) is 0 Å². The van der Waals surface area contributed by atoms with Crippen molar-refractivity contribution >= 4 is 0 Å². The number of allylic oxidation sites excluding steroid dienone is 2. The van der Waals surface area contributed by atoms with Crippen LogP contribution in [0.3, 0.4) is 0 Å². The highest BCUT2D eigenvalue weighted by Crippen LogP contribution is 2.43. The van der Waals surface area contributed by atoms with Crippen LogP contribution in [0.15, 0.2) is 11.6 Å². The summed E-state index contributed by atoms with van der Waals surface area (Å²) in [6, 6.07) is 0. The van der Waals surface area contributed by atoms with Gasteiger partial charge >= 0.3 is 0 Å². The first kappa shape index (κ1) is 8.83. The predicted octanol–water partition coefficient (Wildman–Crippen LogP) is 3.78. The Balaban J connectivity index is 2.79. The van der Waals surface area contributed by atoms with Gasteiger partial charge in [0.25, 0.3) is 0 Å². The summed E-state index contributed by atoms with van der Waals surface area (Å²) in [5.41, 5.74) is 2.18. The van der Waals surface area contributed by atoms with Crippen molar-refractivity contribution in [3.63, 3.8) is 0 Å². The van der Waals surface area contributed by atoms with Crippen LogP contribution in [0, 0.1) is 11.3 Å². The summed E-state index contributed by atoms with van der Waals surface area (Å²) in [5, 5.41) is 0. The Hall–Kier alpha value is -0.260. The molecule has 0 heterocycles. The van der Waals surface area contributed by atoms with Gasteiger partial charge in [0.15, 0.2) is 0 Å². The molecule has 0 aliphatic heterocycles. The van der Waals surface area contributed by atoms with E-state index in [0.717, 1.165) is 5.92 Å². The smallest absolute Gasteiger partial charge is 0.0180 e. The van der Waals surface area contributed by atoms with Crippen molar-refractivity contribution < 1.29 is 0 Å². The van der Waals surface area contributed by atoms with Gasteiger partial charge in [-0.3, -0.25) is 0 Å². The van der Waals surface area contributed by atoms with E-state index in [-0.39, 0.29) is 0 Å². The largest absolute Gasteiger partial charge is 0.0853 e. The van der Waals surface area contributed by atoms with Crippen LogP contribution in [-0.2, 0) is 0 Å². The quantitative estimate of drug-likeness (QED) is 0.502. The molecule has 1 rings (SSSR count). The maximum atomic E-state index is 2.42. The van der Waals surface area contributed by atoms with Crippen LogP contribution in [-0.4, -0.2) is 0 Å². The fourth-order valence-corrected chi connectivity index (χ4v) is 2.06. The molecule has 1 aliphatic rings. The summed E-state index contributed by atoms with van der Waals surface area (Å²) >= 11 is 0. The molecule has 2 atom stereocenters. The highest BCUT2D eigenvalue weighted by molar-refractivity contribution is 5.11. The van der Waals surface area contributed by atoms with Crippen molar-refractivity contribution in [3.8, 4) is 0 Å². The first-order valence-electron chi connectivity index (χ1n) is 4.77. The summed E-state index contributed by atoms with van der Waals surface area (Å²) in [5.74, 6) is 0.793. The predicted molar refractivity (Wildman–Crippen MR) is 50.6 cm³/mol. The van der Waals surface area contributed by atoms with Crippen molar-refractivity contribution in [1.82, 2.24) is 0 Å². The van der Waals surface area contributed by atoms with Gasteiger partial charge in [0.2, 0.25) is 0 Å². The van der Waals surface area contributed by atoms with Crippen molar-refractivity contribution in [1.29, 1.82) is 0 Å². The zero-order valence-corrected chi connectivity index (χ0v) is 8.28. The van der Waals surface area contributed by atoms with Gasteiger partial charge in [-0.1, -0.05) is 38.8 Å². The molecule has 0 nitrogen and oxygen atoms in total. The lowest BCUT2D eigenvalue weighted by Gasteiger charge is -2.38. The average Bonchev–Trinajstić information content (AvgIpc) is 2.00. The second-order valence-corrected chi connectivity index (χ2v) is 4.22. The third-order valence-electron chi connectivity index (χ3n) is 3.72. The normalized spacial score (nSPS) is 38.5. The zero-order valence-electron chi connectivity index (χ0n) is 8.28. The molecule has 0 saturated carbocycles. The van der Waals surface area contributed by atoms with Gasteiger partial charge in [0.1, 0.15) is 0 Å².